The summed E-state index contributed by atoms with van der Waals surface area (Å²) in [4.78, 5) is 23.3. The number of amides is 2. The van der Waals surface area contributed by atoms with Gasteiger partial charge >= 0.3 is 6.03 Å². The van der Waals surface area contributed by atoms with Crippen LogP contribution < -0.4 is 5.32 Å². The first kappa shape index (κ1) is 17.5. The number of carbonyl (C=O) groups excluding carboxylic acids is 1. The van der Waals surface area contributed by atoms with Crippen LogP contribution in [0.2, 0.25) is 0 Å². The largest absolute Gasteiger partial charge is 0.440 e. The Kier molecular flexibility index (Phi) is 4.79. The second-order valence-corrected chi connectivity index (χ2v) is 6.89. The van der Waals surface area contributed by atoms with Crippen LogP contribution in [0.15, 0.2) is 35.0 Å². The van der Waals surface area contributed by atoms with E-state index in [4.69, 9.17) is 4.42 Å². The number of nitrogens with one attached hydrogen (secondary N) is 1. The number of piperidine rings is 1. The van der Waals surface area contributed by atoms with Crippen molar-refractivity contribution in [3.63, 3.8) is 0 Å². The molecule has 1 atom stereocenters. The number of benzene rings is 1. The standard InChI is InChI=1S/C19H24N6O2/c1-3-25-17(20-12-21-25)13(2)22-19(26)24-10-8-14(9-11-24)18-23-15-6-4-5-7-16(15)27-18/h4-7,12-14H,3,8-11H2,1-2H3,(H,22,26)/t13-/m1/s1. The van der Waals surface area contributed by atoms with Crippen molar-refractivity contribution < 1.29 is 9.21 Å². The minimum Gasteiger partial charge on any atom is -0.440 e. The minimum atomic E-state index is -0.185. The van der Waals surface area contributed by atoms with Gasteiger partial charge in [-0.25, -0.2) is 19.4 Å². The number of urea groups is 1. The summed E-state index contributed by atoms with van der Waals surface area (Å²) in [6, 6.07) is 7.55. The molecule has 4 rings (SSSR count). The molecule has 0 spiro atoms. The Balaban J connectivity index is 1.35. The van der Waals surface area contributed by atoms with Crippen LogP contribution in [0.5, 0.6) is 0 Å². The Morgan fingerprint density at radius 3 is 2.85 bits per heavy atom. The van der Waals surface area contributed by atoms with Crippen LogP contribution in [0.1, 0.15) is 50.4 Å². The summed E-state index contributed by atoms with van der Waals surface area (Å²) in [7, 11) is 0. The van der Waals surface area contributed by atoms with Crippen molar-refractivity contribution in [2.24, 2.45) is 0 Å². The molecule has 8 heteroatoms. The molecular weight excluding hydrogens is 344 g/mol. The molecular formula is C19H24N6O2. The number of hydrogen-bond donors (Lipinski definition) is 1. The lowest BCUT2D eigenvalue weighted by molar-refractivity contribution is 0.174. The Labute approximate surface area is 157 Å². The first-order valence-electron chi connectivity index (χ1n) is 9.44. The van der Waals surface area contributed by atoms with Gasteiger partial charge < -0.3 is 14.6 Å². The zero-order valence-electron chi connectivity index (χ0n) is 15.6. The van der Waals surface area contributed by atoms with Gasteiger partial charge in [-0.15, -0.1) is 0 Å². The van der Waals surface area contributed by atoms with Crippen LogP contribution in [0.3, 0.4) is 0 Å². The number of fused-ring (bicyclic) bond motifs is 1. The number of carbonyl (C=O) groups is 1. The molecule has 0 unspecified atom stereocenters. The number of hydrogen-bond acceptors (Lipinski definition) is 5. The molecule has 2 aromatic heterocycles. The molecule has 3 aromatic rings. The third kappa shape index (κ3) is 3.51. The quantitative estimate of drug-likeness (QED) is 0.764. The highest BCUT2D eigenvalue weighted by Crippen LogP contribution is 2.30. The van der Waals surface area contributed by atoms with E-state index in [9.17, 15) is 4.79 Å². The van der Waals surface area contributed by atoms with Gasteiger partial charge in [-0.2, -0.15) is 5.10 Å². The highest BCUT2D eigenvalue weighted by atomic mass is 16.3. The van der Waals surface area contributed by atoms with Crippen LogP contribution in [-0.2, 0) is 6.54 Å². The first-order chi connectivity index (χ1) is 13.2. The zero-order chi connectivity index (χ0) is 18.8. The highest BCUT2D eigenvalue weighted by Gasteiger charge is 2.28. The molecule has 0 saturated carbocycles. The maximum atomic E-state index is 12.6. The Morgan fingerprint density at radius 1 is 1.33 bits per heavy atom. The summed E-state index contributed by atoms with van der Waals surface area (Å²) in [6.45, 7) is 6.03. The van der Waals surface area contributed by atoms with Gasteiger partial charge in [-0.3, -0.25) is 0 Å². The van der Waals surface area contributed by atoms with Crippen molar-refractivity contribution >= 4 is 17.1 Å². The van der Waals surface area contributed by atoms with Gasteiger partial charge in [-0.05, 0) is 38.8 Å². The lowest BCUT2D eigenvalue weighted by Gasteiger charge is -2.31. The van der Waals surface area contributed by atoms with Crippen LogP contribution in [0, 0.1) is 0 Å². The molecule has 1 aliphatic heterocycles. The van der Waals surface area contributed by atoms with E-state index in [1.54, 1.807) is 4.68 Å². The summed E-state index contributed by atoms with van der Waals surface area (Å²) in [5, 5.41) is 7.19. The number of likely N-dealkylation sites (tertiary alicyclic amines) is 1. The van der Waals surface area contributed by atoms with Crippen molar-refractivity contribution in [1.29, 1.82) is 0 Å². The van der Waals surface area contributed by atoms with Crippen LogP contribution >= 0.6 is 0 Å². The molecule has 3 heterocycles. The predicted molar refractivity (Wildman–Crippen MR) is 100 cm³/mol. The van der Waals surface area contributed by atoms with Gasteiger partial charge in [0.25, 0.3) is 0 Å². The van der Waals surface area contributed by atoms with Crippen molar-refractivity contribution in [1.82, 2.24) is 30.0 Å². The Morgan fingerprint density at radius 2 is 2.11 bits per heavy atom. The zero-order valence-corrected chi connectivity index (χ0v) is 15.6. The molecule has 0 radical (unpaired) electrons. The van der Waals surface area contributed by atoms with E-state index in [1.807, 2.05) is 43.0 Å². The fourth-order valence-corrected chi connectivity index (χ4v) is 3.59. The third-order valence-corrected chi connectivity index (χ3v) is 5.11. The van der Waals surface area contributed by atoms with Crippen molar-refractivity contribution in [2.75, 3.05) is 13.1 Å². The van der Waals surface area contributed by atoms with Crippen molar-refractivity contribution in [3.8, 4) is 0 Å². The smallest absolute Gasteiger partial charge is 0.317 e. The molecule has 1 aliphatic rings. The number of rotatable bonds is 4. The molecule has 142 valence electrons. The van der Waals surface area contributed by atoms with E-state index in [0.29, 0.717) is 13.1 Å². The minimum absolute atomic E-state index is 0.0656. The van der Waals surface area contributed by atoms with Gasteiger partial charge in [-0.1, -0.05) is 12.1 Å². The second kappa shape index (κ2) is 7.38. The van der Waals surface area contributed by atoms with Crippen molar-refractivity contribution in [3.05, 3.63) is 42.3 Å². The predicted octanol–water partition coefficient (Wildman–Crippen LogP) is 3.09. The molecule has 8 nitrogen and oxygen atoms in total. The highest BCUT2D eigenvalue weighted by molar-refractivity contribution is 5.75. The maximum Gasteiger partial charge on any atom is 0.317 e. The normalized spacial score (nSPS) is 16.6. The third-order valence-electron chi connectivity index (χ3n) is 5.11. The lowest BCUT2D eigenvalue weighted by atomic mass is 9.97. The summed E-state index contributed by atoms with van der Waals surface area (Å²) in [5.41, 5.74) is 1.71. The van der Waals surface area contributed by atoms with E-state index in [-0.39, 0.29) is 18.0 Å². The summed E-state index contributed by atoms with van der Waals surface area (Å²) >= 11 is 0. The van der Waals surface area contributed by atoms with E-state index in [2.05, 4.69) is 20.4 Å². The molecule has 0 bridgehead atoms. The van der Waals surface area contributed by atoms with E-state index < -0.39 is 0 Å². The van der Waals surface area contributed by atoms with Gasteiger partial charge in [0, 0.05) is 25.6 Å². The van der Waals surface area contributed by atoms with Crippen LogP contribution in [-0.4, -0.2) is 43.8 Å². The fourth-order valence-electron chi connectivity index (χ4n) is 3.59. The van der Waals surface area contributed by atoms with E-state index >= 15 is 0 Å². The van der Waals surface area contributed by atoms with Crippen LogP contribution in [0.25, 0.3) is 11.1 Å². The summed E-state index contributed by atoms with van der Waals surface area (Å²) in [5.74, 6) is 1.80. The van der Waals surface area contributed by atoms with E-state index in [1.165, 1.54) is 6.33 Å². The molecule has 1 N–H and O–H groups in total. The second-order valence-electron chi connectivity index (χ2n) is 6.89. The molecule has 27 heavy (non-hydrogen) atoms. The number of oxazole rings is 1. The van der Waals surface area contributed by atoms with Gasteiger partial charge in [0.05, 0.1) is 6.04 Å². The van der Waals surface area contributed by atoms with Gasteiger partial charge in [0.2, 0.25) is 0 Å². The summed E-state index contributed by atoms with van der Waals surface area (Å²) in [6.07, 6.45) is 3.22. The molecule has 1 fully saturated rings. The number of nitrogens with zero attached hydrogens (tertiary/aromatic N) is 5. The fraction of sp³-hybridized carbons (Fsp3) is 0.474. The Hall–Kier alpha value is -2.90. The molecule has 1 aromatic carbocycles. The van der Waals surface area contributed by atoms with Crippen molar-refractivity contribution in [2.45, 2.75) is 45.2 Å². The van der Waals surface area contributed by atoms with Gasteiger partial charge in [0.15, 0.2) is 11.5 Å². The molecule has 2 amide bonds. The topological polar surface area (TPSA) is 89.1 Å². The lowest BCUT2D eigenvalue weighted by Crippen LogP contribution is -2.45. The van der Waals surface area contributed by atoms with E-state index in [0.717, 1.165) is 42.2 Å². The monoisotopic (exact) mass is 368 g/mol. The number of aryl methyl sites for hydroxylation is 1. The molecule has 1 saturated heterocycles. The average Bonchev–Trinajstić information content (AvgIpc) is 3.34. The SMILES string of the molecule is CCn1ncnc1[C@@H](C)NC(=O)N1CCC(c2nc3ccccc3o2)CC1. The maximum absolute atomic E-state index is 12.6. The molecule has 0 aliphatic carbocycles. The van der Waals surface area contributed by atoms with Gasteiger partial charge in [0.1, 0.15) is 17.7 Å². The summed E-state index contributed by atoms with van der Waals surface area (Å²) < 4.78 is 7.69. The van der Waals surface area contributed by atoms with Crippen LogP contribution in [0.4, 0.5) is 4.79 Å². The Bertz CT molecular complexity index is 892. The number of para-hydroxylation sites is 2. The first-order valence-corrected chi connectivity index (χ1v) is 9.44. The average molecular weight is 368 g/mol. The number of aromatic nitrogens is 4.